The van der Waals surface area contributed by atoms with E-state index in [4.69, 9.17) is 4.74 Å². The molecular weight excluding hydrogens is 334 g/mol. The first-order valence-electron chi connectivity index (χ1n) is 9.22. The van der Waals surface area contributed by atoms with Gasteiger partial charge in [-0.2, -0.15) is 0 Å². The standard InChI is InChI=1S/C19H23N3O4/c1-12-17(23)20-15-11-14(5-6-16(15)26-12)19(25)22-9-7-21(8-10-22)18(24)13-3-2-4-13/h5-6,11-13H,2-4,7-10H2,1H3,(H,20,23). The molecule has 1 saturated heterocycles. The van der Waals surface area contributed by atoms with Gasteiger partial charge in [0.1, 0.15) is 5.75 Å². The zero-order chi connectivity index (χ0) is 18.3. The van der Waals surface area contributed by atoms with Crippen molar-refractivity contribution in [3.05, 3.63) is 23.8 Å². The molecule has 2 fully saturated rings. The average molecular weight is 357 g/mol. The van der Waals surface area contributed by atoms with Crippen molar-refractivity contribution in [1.29, 1.82) is 0 Å². The van der Waals surface area contributed by atoms with E-state index in [2.05, 4.69) is 5.32 Å². The molecule has 0 aromatic heterocycles. The van der Waals surface area contributed by atoms with Crippen molar-refractivity contribution in [2.75, 3.05) is 31.5 Å². The number of benzene rings is 1. The summed E-state index contributed by atoms with van der Waals surface area (Å²) in [4.78, 5) is 40.5. The molecule has 4 rings (SSSR count). The smallest absolute Gasteiger partial charge is 0.265 e. The first kappa shape index (κ1) is 16.9. The molecule has 2 aliphatic heterocycles. The summed E-state index contributed by atoms with van der Waals surface area (Å²) in [5, 5.41) is 2.77. The van der Waals surface area contributed by atoms with Crippen molar-refractivity contribution in [3.63, 3.8) is 0 Å². The molecule has 7 nitrogen and oxygen atoms in total. The summed E-state index contributed by atoms with van der Waals surface area (Å²) in [5.74, 6) is 0.709. The van der Waals surface area contributed by atoms with Gasteiger partial charge in [0.2, 0.25) is 5.91 Å². The SMILES string of the molecule is CC1Oc2ccc(C(=O)N3CCN(C(=O)C4CCC4)CC3)cc2NC1=O. The second-order valence-electron chi connectivity index (χ2n) is 7.21. The minimum absolute atomic E-state index is 0.0867. The van der Waals surface area contributed by atoms with Gasteiger partial charge in [0.15, 0.2) is 6.10 Å². The van der Waals surface area contributed by atoms with Crippen LogP contribution in [0, 0.1) is 5.92 Å². The molecule has 7 heteroatoms. The average Bonchev–Trinajstić information content (AvgIpc) is 2.60. The lowest BCUT2D eigenvalue weighted by Gasteiger charge is -2.38. The molecule has 3 amide bonds. The third-order valence-corrected chi connectivity index (χ3v) is 5.49. The maximum atomic E-state index is 12.8. The summed E-state index contributed by atoms with van der Waals surface area (Å²) in [6, 6.07) is 5.10. The quantitative estimate of drug-likeness (QED) is 0.870. The second-order valence-corrected chi connectivity index (χ2v) is 7.21. The summed E-state index contributed by atoms with van der Waals surface area (Å²) < 4.78 is 5.52. The van der Waals surface area contributed by atoms with Crippen LogP contribution in [0.2, 0.25) is 0 Å². The van der Waals surface area contributed by atoms with Gasteiger partial charge in [0.05, 0.1) is 5.69 Å². The predicted molar refractivity (Wildman–Crippen MR) is 95.0 cm³/mol. The van der Waals surface area contributed by atoms with Crippen LogP contribution in [-0.4, -0.2) is 59.8 Å². The Morgan fingerprint density at radius 2 is 1.81 bits per heavy atom. The van der Waals surface area contributed by atoms with Crippen molar-refractivity contribution < 1.29 is 19.1 Å². The predicted octanol–water partition coefficient (Wildman–Crippen LogP) is 1.49. The van der Waals surface area contributed by atoms with E-state index in [1.807, 2.05) is 4.90 Å². The Labute approximate surface area is 152 Å². The molecule has 1 aliphatic carbocycles. The number of piperazine rings is 1. The Balaban J connectivity index is 1.40. The summed E-state index contributed by atoms with van der Waals surface area (Å²) in [5.41, 5.74) is 1.04. The Kier molecular flexibility index (Phi) is 4.30. The molecule has 1 aromatic carbocycles. The number of hydrogen-bond acceptors (Lipinski definition) is 4. The van der Waals surface area contributed by atoms with E-state index in [1.165, 1.54) is 0 Å². The zero-order valence-corrected chi connectivity index (χ0v) is 14.9. The largest absolute Gasteiger partial charge is 0.479 e. The Morgan fingerprint density at radius 1 is 1.12 bits per heavy atom. The van der Waals surface area contributed by atoms with Gasteiger partial charge in [0.25, 0.3) is 11.8 Å². The topological polar surface area (TPSA) is 79.0 Å². The molecule has 1 unspecified atom stereocenters. The van der Waals surface area contributed by atoms with E-state index in [0.717, 1.165) is 19.3 Å². The first-order valence-corrected chi connectivity index (χ1v) is 9.22. The molecule has 0 spiro atoms. The van der Waals surface area contributed by atoms with E-state index < -0.39 is 6.10 Å². The molecular formula is C19H23N3O4. The number of amides is 3. The van der Waals surface area contributed by atoms with Crippen LogP contribution in [0.4, 0.5) is 5.69 Å². The van der Waals surface area contributed by atoms with Crippen LogP contribution in [0.15, 0.2) is 18.2 Å². The van der Waals surface area contributed by atoms with Crippen LogP contribution in [0.1, 0.15) is 36.5 Å². The minimum Gasteiger partial charge on any atom is -0.479 e. The molecule has 1 aromatic rings. The van der Waals surface area contributed by atoms with Crippen LogP contribution in [0.25, 0.3) is 0 Å². The fourth-order valence-electron chi connectivity index (χ4n) is 3.57. The molecule has 3 aliphatic rings. The maximum Gasteiger partial charge on any atom is 0.265 e. The second kappa shape index (κ2) is 6.63. The highest BCUT2D eigenvalue weighted by molar-refractivity contribution is 6.01. The van der Waals surface area contributed by atoms with Gasteiger partial charge in [-0.3, -0.25) is 14.4 Å². The van der Waals surface area contributed by atoms with Gasteiger partial charge in [-0.05, 0) is 38.0 Å². The lowest BCUT2D eigenvalue weighted by molar-refractivity contribution is -0.139. The van der Waals surface area contributed by atoms with Gasteiger partial charge >= 0.3 is 0 Å². The van der Waals surface area contributed by atoms with Gasteiger partial charge < -0.3 is 19.9 Å². The number of nitrogens with zero attached hydrogens (tertiary/aromatic N) is 2. The van der Waals surface area contributed by atoms with E-state index >= 15 is 0 Å². The van der Waals surface area contributed by atoms with E-state index in [0.29, 0.717) is 43.2 Å². The molecule has 0 radical (unpaired) electrons. The van der Waals surface area contributed by atoms with Crippen LogP contribution in [0.3, 0.4) is 0 Å². The number of fused-ring (bicyclic) bond motifs is 1. The minimum atomic E-state index is -0.537. The van der Waals surface area contributed by atoms with Crippen LogP contribution >= 0.6 is 0 Å². The fraction of sp³-hybridized carbons (Fsp3) is 0.526. The molecule has 1 saturated carbocycles. The fourth-order valence-corrected chi connectivity index (χ4v) is 3.57. The highest BCUT2D eigenvalue weighted by atomic mass is 16.5. The molecule has 26 heavy (non-hydrogen) atoms. The number of carbonyl (C=O) groups excluding carboxylic acids is 3. The van der Waals surface area contributed by atoms with Gasteiger partial charge in [0, 0.05) is 37.7 Å². The Morgan fingerprint density at radius 3 is 2.46 bits per heavy atom. The van der Waals surface area contributed by atoms with E-state index in [9.17, 15) is 14.4 Å². The van der Waals surface area contributed by atoms with Crippen molar-refractivity contribution >= 4 is 23.4 Å². The normalized spacial score (nSPS) is 22.8. The first-order chi connectivity index (χ1) is 12.5. The lowest BCUT2D eigenvalue weighted by atomic mass is 9.84. The summed E-state index contributed by atoms with van der Waals surface area (Å²) in [6.07, 6.45) is 2.61. The number of rotatable bonds is 2. The maximum absolute atomic E-state index is 12.8. The molecule has 0 bridgehead atoms. The van der Waals surface area contributed by atoms with E-state index in [-0.39, 0.29) is 23.6 Å². The third-order valence-electron chi connectivity index (χ3n) is 5.49. The highest BCUT2D eigenvalue weighted by Gasteiger charge is 2.32. The number of nitrogens with one attached hydrogen (secondary N) is 1. The van der Waals surface area contributed by atoms with Crippen LogP contribution in [0.5, 0.6) is 5.75 Å². The van der Waals surface area contributed by atoms with Gasteiger partial charge in [-0.25, -0.2) is 0 Å². The van der Waals surface area contributed by atoms with E-state index in [1.54, 1.807) is 30.0 Å². The van der Waals surface area contributed by atoms with Gasteiger partial charge in [-0.1, -0.05) is 6.42 Å². The number of hydrogen-bond donors (Lipinski definition) is 1. The van der Waals surface area contributed by atoms with Gasteiger partial charge in [-0.15, -0.1) is 0 Å². The van der Waals surface area contributed by atoms with Crippen LogP contribution in [-0.2, 0) is 9.59 Å². The molecule has 1 N–H and O–H groups in total. The lowest BCUT2D eigenvalue weighted by Crippen LogP contribution is -2.52. The molecule has 138 valence electrons. The number of carbonyl (C=O) groups is 3. The third kappa shape index (κ3) is 3.02. The Hall–Kier alpha value is -2.57. The summed E-state index contributed by atoms with van der Waals surface area (Å²) >= 11 is 0. The van der Waals surface area contributed by atoms with Crippen molar-refractivity contribution in [2.24, 2.45) is 5.92 Å². The highest BCUT2D eigenvalue weighted by Crippen LogP contribution is 2.31. The van der Waals surface area contributed by atoms with Crippen molar-refractivity contribution in [2.45, 2.75) is 32.3 Å². The molecule has 1 atom stereocenters. The molecule has 2 heterocycles. The van der Waals surface area contributed by atoms with Crippen molar-refractivity contribution in [1.82, 2.24) is 9.80 Å². The summed E-state index contributed by atoms with van der Waals surface area (Å²) in [6.45, 7) is 3.93. The zero-order valence-electron chi connectivity index (χ0n) is 14.9. The van der Waals surface area contributed by atoms with Crippen LogP contribution < -0.4 is 10.1 Å². The Bertz CT molecular complexity index is 751. The van der Waals surface area contributed by atoms with Crippen molar-refractivity contribution in [3.8, 4) is 5.75 Å². The number of ether oxygens (including phenoxy) is 1. The monoisotopic (exact) mass is 357 g/mol. The number of anilines is 1. The summed E-state index contributed by atoms with van der Waals surface area (Å²) in [7, 11) is 0.